The fourth-order valence-corrected chi connectivity index (χ4v) is 3.12. The maximum atomic E-state index is 12.3. The molecule has 2 fully saturated rings. The molecule has 1 aliphatic carbocycles. The molecule has 0 N–H and O–H groups in total. The summed E-state index contributed by atoms with van der Waals surface area (Å²) in [6.45, 7) is 5.47. The highest BCUT2D eigenvalue weighted by molar-refractivity contribution is 5.81. The van der Waals surface area contributed by atoms with Crippen molar-refractivity contribution in [2.75, 3.05) is 31.1 Å². The molecule has 2 atom stereocenters. The number of amides is 1. The second-order valence-electron chi connectivity index (χ2n) is 6.11. The Morgan fingerprint density at radius 1 is 1.24 bits per heavy atom. The van der Waals surface area contributed by atoms with Gasteiger partial charge < -0.3 is 9.80 Å². The van der Waals surface area contributed by atoms with Crippen molar-refractivity contribution in [3.05, 3.63) is 29.8 Å². The van der Waals surface area contributed by atoms with Gasteiger partial charge in [0.05, 0.1) is 11.3 Å². The smallest absolute Gasteiger partial charge is 0.226 e. The van der Waals surface area contributed by atoms with E-state index in [9.17, 15) is 10.1 Å². The Bertz CT molecular complexity index is 578. The van der Waals surface area contributed by atoms with Crippen LogP contribution >= 0.6 is 0 Å². The second kappa shape index (κ2) is 5.77. The molecule has 1 aromatic rings. The third-order valence-electron chi connectivity index (χ3n) is 4.60. The van der Waals surface area contributed by atoms with E-state index in [0.29, 0.717) is 17.4 Å². The quantitative estimate of drug-likeness (QED) is 0.836. The van der Waals surface area contributed by atoms with Gasteiger partial charge in [0.1, 0.15) is 6.07 Å². The fraction of sp³-hybridized carbons (Fsp3) is 0.529. The summed E-state index contributed by atoms with van der Waals surface area (Å²) in [5, 5.41) is 9.23. The molecule has 4 heteroatoms. The van der Waals surface area contributed by atoms with Gasteiger partial charge in [-0.25, -0.2) is 0 Å². The Morgan fingerprint density at radius 2 is 2.00 bits per heavy atom. The number of rotatable bonds is 2. The highest BCUT2D eigenvalue weighted by atomic mass is 16.2. The fourth-order valence-electron chi connectivity index (χ4n) is 3.12. The molecule has 1 aromatic carbocycles. The van der Waals surface area contributed by atoms with Crippen LogP contribution in [0.3, 0.4) is 0 Å². The average molecular weight is 283 g/mol. The third-order valence-corrected chi connectivity index (χ3v) is 4.60. The molecule has 3 rings (SSSR count). The lowest BCUT2D eigenvalue weighted by atomic mass is 10.1. The topological polar surface area (TPSA) is 47.3 Å². The number of carbonyl (C=O) groups excluding carboxylic acids is 1. The molecule has 0 spiro atoms. The van der Waals surface area contributed by atoms with E-state index in [4.69, 9.17) is 0 Å². The highest BCUT2D eigenvalue weighted by Gasteiger charge is 2.41. The molecule has 0 radical (unpaired) electrons. The van der Waals surface area contributed by atoms with Crippen LogP contribution in [0.1, 0.15) is 25.3 Å². The van der Waals surface area contributed by atoms with Gasteiger partial charge in [-0.3, -0.25) is 4.79 Å². The van der Waals surface area contributed by atoms with Gasteiger partial charge in [0, 0.05) is 32.1 Å². The highest BCUT2D eigenvalue weighted by Crippen LogP contribution is 2.39. The number of hydrogen-bond acceptors (Lipinski definition) is 3. The summed E-state index contributed by atoms with van der Waals surface area (Å²) < 4.78 is 0. The van der Waals surface area contributed by atoms with Crippen LogP contribution in [0, 0.1) is 23.2 Å². The van der Waals surface area contributed by atoms with Crippen molar-refractivity contribution in [3.63, 3.8) is 0 Å². The van der Waals surface area contributed by atoms with Gasteiger partial charge in [-0.15, -0.1) is 0 Å². The first-order chi connectivity index (χ1) is 10.2. The lowest BCUT2D eigenvalue weighted by Crippen LogP contribution is -2.36. The monoisotopic (exact) mass is 283 g/mol. The van der Waals surface area contributed by atoms with Crippen LogP contribution in [-0.4, -0.2) is 37.0 Å². The molecular weight excluding hydrogens is 262 g/mol. The first kappa shape index (κ1) is 13.9. The lowest BCUT2D eigenvalue weighted by molar-refractivity contribution is -0.132. The van der Waals surface area contributed by atoms with E-state index in [1.54, 1.807) is 0 Å². The molecule has 4 nitrogen and oxygen atoms in total. The number of anilines is 1. The van der Waals surface area contributed by atoms with Gasteiger partial charge in [-0.1, -0.05) is 19.1 Å². The number of carbonyl (C=O) groups is 1. The van der Waals surface area contributed by atoms with Crippen molar-refractivity contribution < 1.29 is 4.79 Å². The first-order valence-corrected chi connectivity index (χ1v) is 7.73. The van der Waals surface area contributed by atoms with Gasteiger partial charge in [-0.05, 0) is 30.9 Å². The summed E-state index contributed by atoms with van der Waals surface area (Å²) in [5.74, 6) is 1.16. The van der Waals surface area contributed by atoms with E-state index in [-0.39, 0.29) is 5.92 Å². The Labute approximate surface area is 126 Å². The van der Waals surface area contributed by atoms with Crippen LogP contribution in [0.2, 0.25) is 0 Å². The molecule has 1 amide bonds. The van der Waals surface area contributed by atoms with Crippen LogP contribution in [-0.2, 0) is 4.79 Å². The minimum Gasteiger partial charge on any atom is -0.369 e. The number of para-hydroxylation sites is 1. The van der Waals surface area contributed by atoms with E-state index < -0.39 is 0 Å². The summed E-state index contributed by atoms with van der Waals surface area (Å²) in [5.41, 5.74) is 1.71. The van der Waals surface area contributed by atoms with E-state index >= 15 is 0 Å². The minimum atomic E-state index is 0.267. The van der Waals surface area contributed by atoms with Gasteiger partial charge in [0.15, 0.2) is 0 Å². The van der Waals surface area contributed by atoms with E-state index in [0.717, 1.165) is 44.7 Å². The summed E-state index contributed by atoms with van der Waals surface area (Å²) in [6.07, 6.45) is 2.02. The zero-order chi connectivity index (χ0) is 14.8. The Balaban J connectivity index is 1.68. The molecule has 0 aromatic heterocycles. The molecule has 1 heterocycles. The van der Waals surface area contributed by atoms with Crippen molar-refractivity contribution in [1.29, 1.82) is 5.26 Å². The molecule has 1 saturated carbocycles. The maximum absolute atomic E-state index is 12.3. The molecule has 2 aliphatic rings. The maximum Gasteiger partial charge on any atom is 0.226 e. The van der Waals surface area contributed by atoms with Crippen LogP contribution in [0.15, 0.2) is 24.3 Å². The molecular formula is C17H21N3O. The Morgan fingerprint density at radius 3 is 2.71 bits per heavy atom. The molecule has 1 aliphatic heterocycles. The standard InChI is InChI=1S/C17H21N3O/c1-13-11-15(13)17(21)20-8-4-7-19(9-10-20)16-6-3-2-5-14(16)12-18/h2-3,5-6,13,15H,4,7-11H2,1H3/t13-,15+/m1/s1. The van der Waals surface area contributed by atoms with Crippen LogP contribution in [0.25, 0.3) is 0 Å². The summed E-state index contributed by atoms with van der Waals surface area (Å²) in [6, 6.07) is 9.98. The molecule has 0 unspecified atom stereocenters. The van der Waals surface area contributed by atoms with E-state index in [1.165, 1.54) is 0 Å². The molecule has 0 bridgehead atoms. The van der Waals surface area contributed by atoms with Crippen LogP contribution < -0.4 is 4.90 Å². The van der Waals surface area contributed by atoms with Gasteiger partial charge in [-0.2, -0.15) is 5.26 Å². The van der Waals surface area contributed by atoms with E-state index in [1.807, 2.05) is 29.2 Å². The molecule has 110 valence electrons. The average Bonchev–Trinajstić information content (AvgIpc) is 3.28. The normalized spacial score (nSPS) is 25.1. The lowest BCUT2D eigenvalue weighted by Gasteiger charge is -2.24. The Hall–Kier alpha value is -2.02. The zero-order valence-corrected chi connectivity index (χ0v) is 12.5. The molecule has 1 saturated heterocycles. The second-order valence-corrected chi connectivity index (χ2v) is 6.11. The summed E-state index contributed by atoms with van der Waals surface area (Å²) in [4.78, 5) is 16.6. The SMILES string of the molecule is C[C@@H]1C[C@@H]1C(=O)N1CCCN(c2ccccc2C#N)CC1. The van der Waals surface area contributed by atoms with E-state index in [2.05, 4.69) is 17.9 Å². The summed E-state index contributed by atoms with van der Waals surface area (Å²) >= 11 is 0. The summed E-state index contributed by atoms with van der Waals surface area (Å²) in [7, 11) is 0. The third kappa shape index (κ3) is 2.87. The predicted molar refractivity (Wildman–Crippen MR) is 81.8 cm³/mol. The molecule has 21 heavy (non-hydrogen) atoms. The Kier molecular flexibility index (Phi) is 3.83. The van der Waals surface area contributed by atoms with Crippen LogP contribution in [0.4, 0.5) is 5.69 Å². The van der Waals surface area contributed by atoms with Crippen LogP contribution in [0.5, 0.6) is 0 Å². The largest absolute Gasteiger partial charge is 0.369 e. The van der Waals surface area contributed by atoms with Gasteiger partial charge in [0.2, 0.25) is 5.91 Å². The predicted octanol–water partition coefficient (Wildman–Crippen LogP) is 2.25. The minimum absolute atomic E-state index is 0.267. The van der Waals surface area contributed by atoms with Crippen molar-refractivity contribution >= 4 is 11.6 Å². The van der Waals surface area contributed by atoms with Crippen molar-refractivity contribution in [1.82, 2.24) is 4.90 Å². The number of nitriles is 1. The van der Waals surface area contributed by atoms with Crippen molar-refractivity contribution in [3.8, 4) is 6.07 Å². The van der Waals surface area contributed by atoms with Gasteiger partial charge in [0.25, 0.3) is 0 Å². The van der Waals surface area contributed by atoms with Gasteiger partial charge >= 0.3 is 0 Å². The number of benzene rings is 1. The number of hydrogen-bond donors (Lipinski definition) is 0. The zero-order valence-electron chi connectivity index (χ0n) is 12.5. The number of nitrogens with zero attached hydrogens (tertiary/aromatic N) is 3. The van der Waals surface area contributed by atoms with Crippen molar-refractivity contribution in [2.24, 2.45) is 11.8 Å². The van der Waals surface area contributed by atoms with Crippen molar-refractivity contribution in [2.45, 2.75) is 19.8 Å². The first-order valence-electron chi connectivity index (χ1n) is 7.73.